The molecule has 13 aromatic heterocycles. The van der Waals surface area contributed by atoms with Crippen molar-refractivity contribution in [1.82, 2.24) is 55.8 Å². The van der Waals surface area contributed by atoms with Crippen molar-refractivity contribution in [2.75, 3.05) is 0 Å². The van der Waals surface area contributed by atoms with Crippen molar-refractivity contribution in [1.29, 1.82) is 0 Å². The summed E-state index contributed by atoms with van der Waals surface area (Å²) in [6.45, 7) is 0. The van der Waals surface area contributed by atoms with E-state index in [4.69, 9.17) is 19.9 Å². The van der Waals surface area contributed by atoms with E-state index in [0.29, 0.717) is 0 Å². The molecule has 34 aromatic rings. The Balaban J connectivity index is 0.0000000875. The van der Waals surface area contributed by atoms with Gasteiger partial charge in [-0.1, -0.05) is 328 Å². The number of nitrogens with zero attached hydrogens (tertiary/aromatic N) is 12. The van der Waals surface area contributed by atoms with E-state index in [-0.39, 0.29) is 0 Å². The normalized spacial score (nSPS) is 12.2. The lowest BCUT2D eigenvalue weighted by Crippen LogP contribution is -1.98. The molecule has 0 unspecified atom stereocenters. The summed E-state index contributed by atoms with van der Waals surface area (Å²) in [6.07, 6.45) is 0. The lowest BCUT2D eigenvalue weighted by molar-refractivity contribution is 1.18. The molecule has 0 radical (unpaired) electrons. The third-order valence-electron chi connectivity index (χ3n) is 29.9. The van der Waals surface area contributed by atoms with Gasteiger partial charge >= 0.3 is 0 Å². The van der Waals surface area contributed by atoms with Crippen LogP contribution in [0.3, 0.4) is 0 Å². The molecule has 21 aromatic carbocycles. The first-order valence-electron chi connectivity index (χ1n) is 48.7. The summed E-state index contributed by atoms with van der Waals surface area (Å²) >= 11 is 1.88. The van der Waals surface area contributed by atoms with Crippen LogP contribution in [0, 0.1) is 0 Å². The number of rotatable bonds is 4. The molecular weight excluding hydrogens is 1760 g/mol. The van der Waals surface area contributed by atoms with E-state index < -0.39 is 0 Å². The smallest absolute Gasteiger partial charge is 0.148 e. The number of imidazole rings is 4. The molecule has 0 aliphatic rings. The molecule has 13 heteroatoms. The lowest BCUT2D eigenvalue weighted by atomic mass is 10.0. The number of thiophene rings is 1. The van der Waals surface area contributed by atoms with Crippen LogP contribution < -0.4 is 0 Å². The Morgan fingerprint density at radius 2 is 0.448 bits per heavy atom. The van der Waals surface area contributed by atoms with Gasteiger partial charge in [-0.2, -0.15) is 0 Å². The summed E-state index contributed by atoms with van der Waals surface area (Å²) in [4.78, 5) is 20.6. The lowest BCUT2D eigenvalue weighted by Gasteiger charge is -2.14. The highest BCUT2D eigenvalue weighted by molar-refractivity contribution is 7.26. The first kappa shape index (κ1) is 79.0. The van der Waals surface area contributed by atoms with Crippen molar-refractivity contribution < 1.29 is 0 Å². The molecular formula is C130H78N12S. The molecule has 664 valence electrons. The fourth-order valence-electron chi connectivity index (χ4n) is 24.0. The van der Waals surface area contributed by atoms with Crippen LogP contribution in [0.5, 0.6) is 0 Å². The number of benzene rings is 21. The molecule has 0 amide bonds. The van der Waals surface area contributed by atoms with Gasteiger partial charge in [0.05, 0.1) is 120 Å². The van der Waals surface area contributed by atoms with Crippen molar-refractivity contribution in [3.05, 3.63) is 473 Å². The topological polar surface area (TPSA) is 88.9 Å². The van der Waals surface area contributed by atoms with Crippen LogP contribution in [0.1, 0.15) is 0 Å². The maximum absolute atomic E-state index is 5.36. The highest BCUT2D eigenvalue weighted by Crippen LogP contribution is 2.50. The minimum absolute atomic E-state index is 1.00. The number of pyridine rings is 4. The number of aromatic nitrogens is 12. The van der Waals surface area contributed by atoms with Crippen LogP contribution in [0.4, 0.5) is 0 Å². The maximum atomic E-state index is 5.36. The fourth-order valence-corrected chi connectivity index (χ4v) is 25.2. The van der Waals surface area contributed by atoms with E-state index in [1.165, 1.54) is 205 Å². The highest BCUT2D eigenvalue weighted by atomic mass is 32.1. The maximum Gasteiger partial charge on any atom is 0.148 e. The summed E-state index contributed by atoms with van der Waals surface area (Å²) in [5.41, 5.74) is 31.8. The zero-order valence-electron chi connectivity index (χ0n) is 76.8. The van der Waals surface area contributed by atoms with E-state index in [2.05, 4.69) is 509 Å². The van der Waals surface area contributed by atoms with Gasteiger partial charge in [-0.15, -0.1) is 11.3 Å². The second-order valence-electron chi connectivity index (χ2n) is 37.3. The molecule has 12 nitrogen and oxygen atoms in total. The average molecular weight is 1840 g/mol. The second-order valence-corrected chi connectivity index (χ2v) is 38.4. The Bertz CT molecular complexity index is 11400. The van der Waals surface area contributed by atoms with Gasteiger partial charge in [0.15, 0.2) is 0 Å². The van der Waals surface area contributed by atoms with E-state index in [1.807, 2.05) is 11.3 Å². The van der Waals surface area contributed by atoms with Gasteiger partial charge < -0.3 is 18.3 Å². The van der Waals surface area contributed by atoms with E-state index in [0.717, 1.165) is 78.1 Å². The third-order valence-corrected chi connectivity index (χ3v) is 31.1. The minimum atomic E-state index is 1.00. The zero-order chi connectivity index (χ0) is 93.3. The zero-order valence-corrected chi connectivity index (χ0v) is 77.6. The molecule has 0 bridgehead atoms. The van der Waals surface area contributed by atoms with Crippen LogP contribution >= 0.6 is 11.3 Å². The number of hydrogen-bond acceptors (Lipinski definition) is 5. The molecule has 0 N–H and O–H groups in total. The fraction of sp³-hybridized carbons (Fsp3) is 0. The van der Waals surface area contributed by atoms with Crippen LogP contribution in [-0.2, 0) is 0 Å². The predicted octanol–water partition coefficient (Wildman–Crippen LogP) is 33.9. The molecule has 0 spiro atoms. The quantitative estimate of drug-likeness (QED) is 0.164. The molecule has 0 aliphatic heterocycles. The molecule has 0 saturated heterocycles. The Morgan fingerprint density at radius 3 is 0.958 bits per heavy atom. The summed E-state index contributed by atoms with van der Waals surface area (Å²) in [5.74, 6) is 0. The van der Waals surface area contributed by atoms with Crippen molar-refractivity contribution in [3.8, 4) is 22.7 Å². The molecule has 0 aliphatic carbocycles. The largest absolute Gasteiger partial charge is 0.309 e. The molecule has 34 rings (SSSR count). The number of fused-ring (bicyclic) bond motifs is 51. The van der Waals surface area contributed by atoms with Crippen LogP contribution in [0.25, 0.3) is 284 Å². The second kappa shape index (κ2) is 30.7. The number of para-hydroxylation sites is 16. The average Bonchev–Trinajstić information content (AvgIpc) is 1.54. The highest BCUT2D eigenvalue weighted by Gasteiger charge is 2.28. The van der Waals surface area contributed by atoms with Crippen LogP contribution in [0.2, 0.25) is 0 Å². The van der Waals surface area contributed by atoms with E-state index >= 15 is 0 Å². The standard InChI is InChI=1S/C37H21N3S.3C31H19N3/c1-2-10-22(11-3-1)39-30-15-7-4-12-23(30)26-19-18-25-27-20-21-28-24-13-5-9-17-32(24)41-36(28)35(27)40-31-16-8-6-14-29(31)38-37(40)33(25)34(26)39;1-2-10-20(11-3-1)33-27-16-8-6-13-22(27)25-19-30-24(18-29(25)33)21-12-4-5-14-23(21)31-32-26-15-7-9-17-28(26)34(30)31;1-2-10-20(11-3-1)33-27-16-8-6-13-22(27)24-19-18-23-21-12-4-5-14-25(21)31-32-26-15-7-9-17-28(26)34(31)30(23)29(24)33;1-2-10-20(11-3-1)33-26-16-8-6-14-24(26)29-28(33)19-18-22-21-12-4-5-13-23(21)31-32-25-15-7-9-17-27(25)34(31)30(22)29/h1-21H;3*1-19H. The van der Waals surface area contributed by atoms with Crippen molar-refractivity contribution in [2.45, 2.75) is 0 Å². The van der Waals surface area contributed by atoms with Gasteiger partial charge in [0.25, 0.3) is 0 Å². The predicted molar refractivity (Wildman–Crippen MR) is 601 cm³/mol. The van der Waals surface area contributed by atoms with E-state index in [9.17, 15) is 0 Å². The summed E-state index contributed by atoms with van der Waals surface area (Å²) in [6, 6.07) is 169. The molecule has 0 atom stereocenters. The van der Waals surface area contributed by atoms with Gasteiger partial charge in [0.1, 0.15) is 22.6 Å². The third kappa shape index (κ3) is 11.4. The van der Waals surface area contributed by atoms with Crippen LogP contribution in [-0.4, -0.2) is 55.8 Å². The summed E-state index contributed by atoms with van der Waals surface area (Å²) in [7, 11) is 0. The van der Waals surface area contributed by atoms with Crippen LogP contribution in [0.15, 0.2) is 473 Å². The molecule has 143 heavy (non-hydrogen) atoms. The van der Waals surface area contributed by atoms with Gasteiger partial charge in [-0.25, -0.2) is 19.9 Å². The monoisotopic (exact) mass is 1840 g/mol. The Morgan fingerprint density at radius 1 is 0.147 bits per heavy atom. The first-order chi connectivity index (χ1) is 71.0. The van der Waals surface area contributed by atoms with Gasteiger partial charge in [0, 0.05) is 119 Å². The van der Waals surface area contributed by atoms with Crippen molar-refractivity contribution >= 4 is 272 Å². The van der Waals surface area contributed by atoms with Crippen molar-refractivity contribution in [3.63, 3.8) is 0 Å². The minimum Gasteiger partial charge on any atom is -0.309 e. The van der Waals surface area contributed by atoms with E-state index in [1.54, 1.807) is 0 Å². The molecule has 0 saturated carbocycles. The Kier molecular flexibility index (Phi) is 17.0. The Hall–Kier alpha value is -19.1. The SMILES string of the molecule is c1ccc(-n2c3ccccc3c3c2ccc2c4ccccc4c4nc5ccccc5n4c23)cc1.c1ccc(-n2c3ccccc3c3cc4c(cc32)c2ccccc2c2nc3ccccc3n42)cc1.c1ccc(-n2c3ccccc3c3ccc4c5ccc6c7ccccc7sc6c5n5c6ccccc6nc5c4c32)cc1.c1ccc(-n2c3ccccc3c3ccc4c5ccccc5c5nc6ccccc6n5c4c32)cc1. The molecule has 0 fully saturated rings. The van der Waals surface area contributed by atoms with Crippen molar-refractivity contribution in [2.24, 2.45) is 0 Å². The first-order valence-corrected chi connectivity index (χ1v) is 49.5. The van der Waals surface area contributed by atoms with Gasteiger partial charge in [0.2, 0.25) is 0 Å². The van der Waals surface area contributed by atoms with Gasteiger partial charge in [-0.3, -0.25) is 17.6 Å². The van der Waals surface area contributed by atoms with Gasteiger partial charge in [-0.05, 0) is 167 Å². The molecule has 13 heterocycles. The number of hydrogen-bond donors (Lipinski definition) is 0. The summed E-state index contributed by atoms with van der Waals surface area (Å²) in [5, 5.41) is 27.2. The Labute approximate surface area is 818 Å². The summed E-state index contributed by atoms with van der Waals surface area (Å²) < 4.78 is 21.7.